The van der Waals surface area contributed by atoms with E-state index in [0.29, 0.717) is 12.3 Å². The average molecular weight is 449 g/mol. The minimum atomic E-state index is -4.55. The molecule has 3 heterocycles. The number of nitrogens with zero attached hydrogens (tertiary/aromatic N) is 3. The monoisotopic (exact) mass is 449 g/mol. The smallest absolute Gasteiger partial charge is 0.433 e. The summed E-state index contributed by atoms with van der Waals surface area (Å²) in [6.45, 7) is 0.856. The van der Waals surface area contributed by atoms with E-state index in [4.69, 9.17) is 4.74 Å². The number of fused-ring (bicyclic) bond motifs is 2. The third kappa shape index (κ3) is 4.24. The van der Waals surface area contributed by atoms with Gasteiger partial charge in [0.25, 0.3) is 5.91 Å². The number of carbonyl (C=O) groups is 1. The quantitative estimate of drug-likeness (QED) is 0.414. The van der Waals surface area contributed by atoms with Crippen LogP contribution in [0.25, 0.3) is 22.0 Å². The highest BCUT2D eigenvalue weighted by Crippen LogP contribution is 2.31. The summed E-state index contributed by atoms with van der Waals surface area (Å²) in [7, 11) is 0. The molecule has 0 unspecified atom stereocenters. The zero-order chi connectivity index (χ0) is 23.0. The van der Waals surface area contributed by atoms with Crippen LogP contribution in [0.1, 0.15) is 21.6 Å². The number of aromatic nitrogens is 2. The summed E-state index contributed by atoms with van der Waals surface area (Å²) in [5.74, 6) is 0.277. The van der Waals surface area contributed by atoms with Gasteiger partial charge in [0.15, 0.2) is 0 Å². The first-order valence-corrected chi connectivity index (χ1v) is 10.3. The second-order valence-electron chi connectivity index (χ2n) is 7.74. The van der Waals surface area contributed by atoms with E-state index in [1.807, 2.05) is 42.5 Å². The molecule has 5 rings (SSSR count). The maximum absolute atomic E-state index is 13.0. The number of carbonyl (C=O) groups excluding carboxylic acids is 1. The molecule has 0 fully saturated rings. The molecule has 0 spiro atoms. The molecule has 33 heavy (non-hydrogen) atoms. The third-order valence-electron chi connectivity index (χ3n) is 5.55. The standard InChI is InChI=1S/C25H18F3N3O2/c26-25(27,28)23-8-6-18(13-30-23)24(32)31-9-10-33-22-7-5-16(11-20(22)15-31)19-12-17-3-1-2-4-21(17)29-14-19/h1-8,11-14H,9-10,15H2. The summed E-state index contributed by atoms with van der Waals surface area (Å²) in [5.41, 5.74) is 2.65. The highest BCUT2D eigenvalue weighted by molar-refractivity contribution is 5.94. The van der Waals surface area contributed by atoms with Crippen LogP contribution in [0, 0.1) is 0 Å². The molecule has 0 saturated heterocycles. The van der Waals surface area contributed by atoms with Crippen molar-refractivity contribution in [1.82, 2.24) is 14.9 Å². The van der Waals surface area contributed by atoms with Gasteiger partial charge >= 0.3 is 6.18 Å². The summed E-state index contributed by atoms with van der Waals surface area (Å²) >= 11 is 0. The topological polar surface area (TPSA) is 55.3 Å². The van der Waals surface area contributed by atoms with E-state index in [0.717, 1.165) is 45.9 Å². The second-order valence-corrected chi connectivity index (χ2v) is 7.74. The molecule has 0 aliphatic carbocycles. The molecule has 166 valence electrons. The van der Waals surface area contributed by atoms with Crippen molar-refractivity contribution in [2.75, 3.05) is 13.2 Å². The van der Waals surface area contributed by atoms with Crippen molar-refractivity contribution in [1.29, 1.82) is 0 Å². The first-order valence-electron chi connectivity index (χ1n) is 10.3. The van der Waals surface area contributed by atoms with Gasteiger partial charge in [-0.15, -0.1) is 0 Å². The molecule has 0 atom stereocenters. The summed E-state index contributed by atoms with van der Waals surface area (Å²) in [5, 5.41) is 1.02. The number of ether oxygens (including phenoxy) is 1. The van der Waals surface area contributed by atoms with E-state index in [9.17, 15) is 18.0 Å². The fraction of sp³-hybridized carbons (Fsp3) is 0.160. The van der Waals surface area contributed by atoms with E-state index < -0.39 is 17.8 Å². The van der Waals surface area contributed by atoms with Gasteiger partial charge in [0.2, 0.25) is 0 Å². The number of hydrogen-bond donors (Lipinski definition) is 0. The van der Waals surface area contributed by atoms with Crippen molar-refractivity contribution in [2.45, 2.75) is 12.7 Å². The predicted molar refractivity (Wildman–Crippen MR) is 117 cm³/mol. The summed E-state index contributed by atoms with van der Waals surface area (Å²) < 4.78 is 44.2. The van der Waals surface area contributed by atoms with Crippen molar-refractivity contribution in [3.63, 3.8) is 0 Å². The molecule has 1 amide bonds. The molecule has 4 aromatic rings. The number of halogens is 3. The Kier molecular flexibility index (Phi) is 5.20. The van der Waals surface area contributed by atoms with Crippen LogP contribution in [-0.4, -0.2) is 33.9 Å². The minimum Gasteiger partial charge on any atom is -0.491 e. The van der Waals surface area contributed by atoms with Gasteiger partial charge in [0.1, 0.15) is 18.1 Å². The Morgan fingerprint density at radius 3 is 2.58 bits per heavy atom. The van der Waals surface area contributed by atoms with E-state index in [-0.39, 0.29) is 18.7 Å². The zero-order valence-electron chi connectivity index (χ0n) is 17.3. The van der Waals surface area contributed by atoms with Crippen LogP contribution < -0.4 is 4.74 Å². The van der Waals surface area contributed by atoms with E-state index in [1.54, 1.807) is 11.1 Å². The Morgan fingerprint density at radius 2 is 1.79 bits per heavy atom. The molecular formula is C25H18F3N3O2. The lowest BCUT2D eigenvalue weighted by molar-refractivity contribution is -0.141. The van der Waals surface area contributed by atoms with E-state index in [2.05, 4.69) is 16.0 Å². The Labute approximate surface area is 187 Å². The molecule has 0 saturated carbocycles. The Bertz CT molecular complexity index is 1340. The highest BCUT2D eigenvalue weighted by atomic mass is 19.4. The van der Waals surface area contributed by atoms with E-state index in [1.165, 1.54) is 0 Å². The second kappa shape index (κ2) is 8.20. The molecule has 2 aromatic carbocycles. The summed E-state index contributed by atoms with van der Waals surface area (Å²) in [6.07, 6.45) is -1.78. The molecule has 8 heteroatoms. The first-order chi connectivity index (χ1) is 15.9. The zero-order valence-corrected chi connectivity index (χ0v) is 17.3. The van der Waals surface area contributed by atoms with Gasteiger partial charge in [0.05, 0.1) is 17.6 Å². The molecule has 0 radical (unpaired) electrons. The maximum Gasteiger partial charge on any atom is 0.433 e. The van der Waals surface area contributed by atoms with Crippen molar-refractivity contribution in [3.8, 4) is 16.9 Å². The molecule has 0 bridgehead atoms. The van der Waals surface area contributed by atoms with Crippen LogP contribution in [0.3, 0.4) is 0 Å². The normalized spacial score (nSPS) is 13.8. The largest absolute Gasteiger partial charge is 0.491 e. The van der Waals surface area contributed by atoms with Crippen molar-refractivity contribution in [2.24, 2.45) is 0 Å². The summed E-state index contributed by atoms with van der Waals surface area (Å²) in [4.78, 5) is 22.4. The fourth-order valence-electron chi connectivity index (χ4n) is 3.85. The number of amides is 1. The Balaban J connectivity index is 1.42. The number of pyridine rings is 2. The lowest BCUT2D eigenvalue weighted by Gasteiger charge is -2.20. The number of para-hydroxylation sites is 1. The van der Waals surface area contributed by atoms with Crippen molar-refractivity contribution in [3.05, 3.63) is 89.9 Å². The summed E-state index contributed by atoms with van der Waals surface area (Å²) in [6, 6.07) is 17.6. The van der Waals surface area contributed by atoms with Gasteiger partial charge in [0, 0.05) is 35.5 Å². The molecular weight excluding hydrogens is 431 g/mol. The van der Waals surface area contributed by atoms with Crippen LogP contribution in [0.15, 0.2) is 73.1 Å². The van der Waals surface area contributed by atoms with Gasteiger partial charge in [-0.1, -0.05) is 24.3 Å². The van der Waals surface area contributed by atoms with Crippen LogP contribution in [0.2, 0.25) is 0 Å². The van der Waals surface area contributed by atoms with Gasteiger partial charge in [-0.3, -0.25) is 14.8 Å². The van der Waals surface area contributed by atoms with Crippen molar-refractivity contribution >= 4 is 16.8 Å². The average Bonchev–Trinajstić information content (AvgIpc) is 3.05. The lowest BCUT2D eigenvalue weighted by atomic mass is 10.0. The minimum absolute atomic E-state index is 0.0985. The molecule has 5 nitrogen and oxygen atoms in total. The third-order valence-corrected chi connectivity index (χ3v) is 5.55. The van der Waals surface area contributed by atoms with Gasteiger partial charge in [-0.25, -0.2) is 0 Å². The number of rotatable bonds is 2. The molecule has 1 aliphatic rings. The number of benzene rings is 2. The van der Waals surface area contributed by atoms with Crippen LogP contribution in [0.5, 0.6) is 5.75 Å². The molecule has 2 aromatic heterocycles. The van der Waals surface area contributed by atoms with Gasteiger partial charge in [-0.05, 0) is 42.0 Å². The van der Waals surface area contributed by atoms with Crippen molar-refractivity contribution < 1.29 is 22.7 Å². The van der Waals surface area contributed by atoms with Crippen LogP contribution >= 0.6 is 0 Å². The first kappa shape index (κ1) is 20.9. The predicted octanol–water partition coefficient (Wildman–Crippen LogP) is 5.35. The van der Waals surface area contributed by atoms with Crippen LogP contribution in [0.4, 0.5) is 13.2 Å². The Morgan fingerprint density at radius 1 is 0.939 bits per heavy atom. The Hall–Kier alpha value is -3.94. The molecule has 1 aliphatic heterocycles. The highest BCUT2D eigenvalue weighted by Gasteiger charge is 2.32. The SMILES string of the molecule is O=C(c1ccc(C(F)(F)F)nc1)N1CCOc2ccc(-c3cnc4ccccc4c3)cc2C1. The fourth-order valence-corrected chi connectivity index (χ4v) is 3.85. The number of alkyl halides is 3. The lowest BCUT2D eigenvalue weighted by Crippen LogP contribution is -2.32. The maximum atomic E-state index is 13.0. The number of hydrogen-bond acceptors (Lipinski definition) is 4. The molecule has 0 N–H and O–H groups in total. The van der Waals surface area contributed by atoms with Gasteiger partial charge in [-0.2, -0.15) is 13.2 Å². The van der Waals surface area contributed by atoms with Gasteiger partial charge < -0.3 is 9.64 Å². The van der Waals surface area contributed by atoms with Crippen LogP contribution in [-0.2, 0) is 12.7 Å². The van der Waals surface area contributed by atoms with E-state index >= 15 is 0 Å².